The van der Waals surface area contributed by atoms with Gasteiger partial charge in [0.2, 0.25) is 6.29 Å². The summed E-state index contributed by atoms with van der Waals surface area (Å²) in [5.74, 6) is -2.74. The molecule has 56 heavy (non-hydrogen) atoms. The number of carbonyl (C=O) groups is 2. The zero-order valence-corrected chi connectivity index (χ0v) is 30.4. The van der Waals surface area contributed by atoms with Crippen LogP contribution in [0.25, 0.3) is 0 Å². The molecule has 0 aromatic heterocycles. The van der Waals surface area contributed by atoms with Gasteiger partial charge in [0.1, 0.15) is 66.9 Å². The lowest BCUT2D eigenvalue weighted by Gasteiger charge is -2.42. The fraction of sp³-hybridized carbons (Fsp3) is 0.526. The Bertz CT molecular complexity index is 1640. The van der Waals surface area contributed by atoms with Gasteiger partial charge in [-0.2, -0.15) is 0 Å². The summed E-state index contributed by atoms with van der Waals surface area (Å²) in [5.41, 5.74) is 1.62. The van der Waals surface area contributed by atoms with Crippen LogP contribution in [0.5, 0.6) is 11.5 Å². The quantitative estimate of drug-likeness (QED) is 0.0757. The van der Waals surface area contributed by atoms with Gasteiger partial charge in [-0.3, -0.25) is 4.79 Å². The minimum atomic E-state index is -1.79. The Hall–Kier alpha value is -4.18. The molecule has 0 bridgehead atoms. The van der Waals surface area contributed by atoms with E-state index in [1.54, 1.807) is 31.2 Å². The number of rotatable bonds is 15. The molecule has 18 heteroatoms. The van der Waals surface area contributed by atoms with Crippen molar-refractivity contribution in [2.75, 3.05) is 26.4 Å². The molecule has 18 nitrogen and oxygen atoms in total. The molecule has 0 radical (unpaired) electrons. The number of hydrogen-bond donors (Lipinski definition) is 9. The number of carbonyl (C=O) groups excluding carboxylic acids is 2. The molecular formula is C38H48O18. The van der Waals surface area contributed by atoms with E-state index in [0.717, 1.165) is 17.4 Å². The van der Waals surface area contributed by atoms with Crippen LogP contribution in [0, 0.1) is 5.92 Å². The third kappa shape index (κ3) is 10.6. The Labute approximate surface area is 321 Å². The van der Waals surface area contributed by atoms with Crippen molar-refractivity contribution >= 4 is 11.9 Å². The molecule has 0 unspecified atom stereocenters. The van der Waals surface area contributed by atoms with Gasteiger partial charge >= 0.3 is 11.9 Å². The van der Waals surface area contributed by atoms with Crippen LogP contribution in [0.1, 0.15) is 24.5 Å². The third-order valence-corrected chi connectivity index (χ3v) is 9.66. The minimum Gasteiger partial charge on any atom is -0.508 e. The number of aliphatic hydroxyl groups excluding tert-OH is 7. The number of aromatic hydroxyl groups is 2. The van der Waals surface area contributed by atoms with Crippen molar-refractivity contribution in [2.45, 2.75) is 93.9 Å². The highest BCUT2D eigenvalue weighted by Gasteiger charge is 2.48. The fourth-order valence-electron chi connectivity index (χ4n) is 6.36. The summed E-state index contributed by atoms with van der Waals surface area (Å²) in [6.07, 6.45) is -14.7. The third-order valence-electron chi connectivity index (χ3n) is 9.66. The molecule has 308 valence electrons. The number of hydrogen-bond acceptors (Lipinski definition) is 18. The number of benzene rings is 2. The van der Waals surface area contributed by atoms with Gasteiger partial charge in [0.15, 0.2) is 12.6 Å². The van der Waals surface area contributed by atoms with Gasteiger partial charge in [-0.25, -0.2) is 4.79 Å². The maximum absolute atomic E-state index is 13.4. The largest absolute Gasteiger partial charge is 0.508 e. The maximum Gasteiger partial charge on any atom is 0.337 e. The Morgan fingerprint density at radius 3 is 1.86 bits per heavy atom. The molecule has 2 saturated heterocycles. The number of esters is 2. The molecule has 0 aliphatic carbocycles. The highest BCUT2D eigenvalue weighted by molar-refractivity contribution is 5.91. The summed E-state index contributed by atoms with van der Waals surface area (Å²) in [6.45, 7) is 0.183. The van der Waals surface area contributed by atoms with E-state index >= 15 is 0 Å². The Kier molecular flexibility index (Phi) is 15.2. The molecule has 2 aromatic carbocycles. The molecule has 0 spiro atoms. The van der Waals surface area contributed by atoms with E-state index < -0.39 is 105 Å². The van der Waals surface area contributed by atoms with E-state index in [2.05, 4.69) is 0 Å². The summed E-state index contributed by atoms with van der Waals surface area (Å²) in [5, 5.41) is 91.3. The molecule has 3 aliphatic rings. The summed E-state index contributed by atoms with van der Waals surface area (Å²) >= 11 is 0. The summed E-state index contributed by atoms with van der Waals surface area (Å²) in [7, 11) is 0. The van der Waals surface area contributed by atoms with E-state index in [1.165, 1.54) is 30.3 Å². The van der Waals surface area contributed by atoms with Crippen LogP contribution in [0.15, 0.2) is 72.0 Å². The first kappa shape index (κ1) is 43.0. The van der Waals surface area contributed by atoms with Crippen molar-refractivity contribution in [3.63, 3.8) is 0 Å². The summed E-state index contributed by atoms with van der Waals surface area (Å²) < 4.78 is 39.2. The van der Waals surface area contributed by atoms with Crippen molar-refractivity contribution in [3.8, 4) is 11.5 Å². The van der Waals surface area contributed by atoms with E-state index in [1.807, 2.05) is 0 Å². The van der Waals surface area contributed by atoms with Gasteiger partial charge < -0.3 is 79.1 Å². The van der Waals surface area contributed by atoms with Gasteiger partial charge in [0.05, 0.1) is 38.1 Å². The molecule has 0 saturated carbocycles. The van der Waals surface area contributed by atoms with Gasteiger partial charge in [0.25, 0.3) is 0 Å². The van der Waals surface area contributed by atoms with Crippen LogP contribution < -0.4 is 0 Å². The lowest BCUT2D eigenvalue weighted by molar-refractivity contribution is -0.327. The van der Waals surface area contributed by atoms with Crippen LogP contribution in [0.4, 0.5) is 0 Å². The monoisotopic (exact) mass is 792 g/mol. The Morgan fingerprint density at radius 2 is 1.27 bits per heavy atom. The zero-order valence-electron chi connectivity index (χ0n) is 30.4. The highest BCUT2D eigenvalue weighted by Crippen LogP contribution is 2.36. The second-order valence-corrected chi connectivity index (χ2v) is 13.5. The van der Waals surface area contributed by atoms with Crippen molar-refractivity contribution in [3.05, 3.63) is 83.1 Å². The lowest BCUT2D eigenvalue weighted by atomic mass is 9.86. The molecular weight excluding hydrogens is 744 g/mol. The van der Waals surface area contributed by atoms with Crippen molar-refractivity contribution in [1.29, 1.82) is 0 Å². The highest BCUT2D eigenvalue weighted by atomic mass is 16.8. The first-order valence-corrected chi connectivity index (χ1v) is 18.0. The van der Waals surface area contributed by atoms with Crippen molar-refractivity contribution in [2.24, 2.45) is 5.92 Å². The average Bonchev–Trinajstić information content (AvgIpc) is 3.19. The predicted molar refractivity (Wildman–Crippen MR) is 188 cm³/mol. The minimum absolute atomic E-state index is 0.0320. The number of aliphatic hydroxyl groups is 7. The first-order valence-electron chi connectivity index (χ1n) is 18.0. The van der Waals surface area contributed by atoms with Gasteiger partial charge in [-0.1, -0.05) is 30.3 Å². The van der Waals surface area contributed by atoms with Gasteiger partial charge in [0, 0.05) is 17.9 Å². The van der Waals surface area contributed by atoms with Crippen LogP contribution in [0.2, 0.25) is 0 Å². The van der Waals surface area contributed by atoms with Gasteiger partial charge in [-0.15, -0.1) is 0 Å². The molecule has 3 heterocycles. The average molecular weight is 793 g/mol. The van der Waals surface area contributed by atoms with Crippen LogP contribution in [-0.2, 0) is 55.6 Å². The van der Waals surface area contributed by atoms with E-state index in [-0.39, 0.29) is 42.3 Å². The van der Waals surface area contributed by atoms with Crippen molar-refractivity contribution in [1.82, 2.24) is 0 Å². The van der Waals surface area contributed by atoms with Crippen LogP contribution in [-0.4, -0.2) is 152 Å². The normalized spacial score (nSPS) is 32.6. The first-order chi connectivity index (χ1) is 26.8. The Balaban J connectivity index is 1.26. The smallest absolute Gasteiger partial charge is 0.337 e. The van der Waals surface area contributed by atoms with Gasteiger partial charge in [-0.05, 0) is 48.7 Å². The zero-order chi connectivity index (χ0) is 40.5. The van der Waals surface area contributed by atoms with E-state index in [4.69, 9.17) is 33.2 Å². The maximum atomic E-state index is 13.4. The van der Waals surface area contributed by atoms with Crippen LogP contribution in [0.3, 0.4) is 0 Å². The molecule has 0 amide bonds. The second-order valence-electron chi connectivity index (χ2n) is 13.5. The molecule has 3 aliphatic heterocycles. The summed E-state index contributed by atoms with van der Waals surface area (Å²) in [4.78, 5) is 26.9. The molecule has 2 aromatic rings. The SMILES string of the molecule is CC=C1[C@@H](O[C@H]2O[C@H](CO)[C@H](O)[C@H](O)[C@@H]2O)OC=C(C(=O)OCCc2ccc(O)cc2)[C@@H]1CC(=O)OC[C@H]1O[C@H](OCCc2ccc(O)cc2)[C@@H](O)[C@H](O)[C@H]1O. The Morgan fingerprint density at radius 1 is 0.714 bits per heavy atom. The summed E-state index contributed by atoms with van der Waals surface area (Å²) in [6, 6.07) is 12.6. The second kappa shape index (κ2) is 19.8. The topological polar surface area (TPSA) is 281 Å². The molecule has 2 fully saturated rings. The standard InChI is InChI=1S/C38H48O18/c1-2-23-24(15-28(42)52-18-27-30(44)32(46)33(47)37(55-27)51-14-12-20-5-9-22(41)10-6-20)25(35(49)50-13-11-19-3-7-21(40)8-4-19)17-53-36(23)56-38-34(48)31(45)29(43)26(16-39)54-38/h2-10,17,24,26-27,29-34,36-41,43-48H,11-16,18H2,1H3/t24-,26-,27-,29+,30+,31+,32-,33+,34+,36-,37+,38-/m1/s1. The molecule has 9 N–H and O–H groups in total. The lowest BCUT2D eigenvalue weighted by Crippen LogP contribution is -2.60. The predicted octanol–water partition coefficient (Wildman–Crippen LogP) is -1.20. The number of phenols is 2. The number of allylic oxidation sites excluding steroid dienone is 1. The number of ether oxygens (including phenoxy) is 7. The van der Waals surface area contributed by atoms with Crippen LogP contribution >= 0.6 is 0 Å². The molecule has 12 atom stereocenters. The van der Waals surface area contributed by atoms with E-state index in [9.17, 15) is 55.5 Å². The van der Waals surface area contributed by atoms with E-state index in [0.29, 0.717) is 6.42 Å². The fourth-order valence-corrected chi connectivity index (χ4v) is 6.36. The molecule has 5 rings (SSSR count). The van der Waals surface area contributed by atoms with Crippen molar-refractivity contribution < 1.29 is 88.7 Å². The number of phenolic OH excluding ortho intramolecular Hbond substituents is 2.